The highest BCUT2D eigenvalue weighted by molar-refractivity contribution is 5.29. The van der Waals surface area contributed by atoms with Crippen molar-refractivity contribution >= 4 is 0 Å². The van der Waals surface area contributed by atoms with Crippen molar-refractivity contribution in [2.75, 3.05) is 20.3 Å². The normalized spacial score (nSPS) is 11.4. The molecule has 0 heterocycles. The van der Waals surface area contributed by atoms with Crippen LogP contribution in [0.15, 0.2) is 18.2 Å². The molecule has 0 unspecified atom stereocenters. The first kappa shape index (κ1) is 13.2. The number of hydrogen-bond donors (Lipinski definition) is 2. The van der Waals surface area contributed by atoms with Crippen LogP contribution in [0.3, 0.4) is 0 Å². The van der Waals surface area contributed by atoms with Gasteiger partial charge in [0.15, 0.2) is 0 Å². The SMILES string of the molecule is Cc1ccc(CN(C)C(CO)CO)cc1C. The number of aliphatic hydroxyl groups excluding tert-OH is 2. The number of aliphatic hydroxyl groups is 2. The highest BCUT2D eigenvalue weighted by atomic mass is 16.3. The van der Waals surface area contributed by atoms with Crippen molar-refractivity contribution < 1.29 is 10.2 Å². The average molecular weight is 223 g/mol. The van der Waals surface area contributed by atoms with E-state index >= 15 is 0 Å². The Morgan fingerprint density at radius 2 is 1.75 bits per heavy atom. The standard InChI is InChI=1S/C13H21NO2/c1-10-4-5-12(6-11(10)2)7-14(3)13(8-15)9-16/h4-6,13,15-16H,7-9H2,1-3H3. The minimum atomic E-state index is -0.179. The van der Waals surface area contributed by atoms with Crippen molar-refractivity contribution in [2.45, 2.75) is 26.4 Å². The molecule has 0 atom stereocenters. The summed E-state index contributed by atoms with van der Waals surface area (Å²) in [6, 6.07) is 6.16. The van der Waals surface area contributed by atoms with Crippen LogP contribution in [0, 0.1) is 13.8 Å². The van der Waals surface area contributed by atoms with Crippen LogP contribution in [0.4, 0.5) is 0 Å². The summed E-state index contributed by atoms with van der Waals surface area (Å²) in [4.78, 5) is 1.96. The average Bonchev–Trinajstić information content (AvgIpc) is 2.25. The quantitative estimate of drug-likeness (QED) is 0.785. The molecule has 3 heteroatoms. The van der Waals surface area contributed by atoms with E-state index in [9.17, 15) is 0 Å². The second kappa shape index (κ2) is 5.99. The molecule has 0 saturated heterocycles. The Bertz CT molecular complexity index is 335. The van der Waals surface area contributed by atoms with Gasteiger partial charge in [-0.05, 0) is 37.6 Å². The van der Waals surface area contributed by atoms with Gasteiger partial charge in [0.1, 0.15) is 0 Å². The van der Waals surface area contributed by atoms with E-state index in [0.29, 0.717) is 0 Å². The van der Waals surface area contributed by atoms with Crippen LogP contribution in [0.25, 0.3) is 0 Å². The predicted molar refractivity (Wildman–Crippen MR) is 65.3 cm³/mol. The molecule has 0 aliphatic carbocycles. The number of benzene rings is 1. The Morgan fingerprint density at radius 3 is 2.25 bits per heavy atom. The van der Waals surface area contributed by atoms with Crippen molar-refractivity contribution in [3.8, 4) is 0 Å². The lowest BCUT2D eigenvalue weighted by atomic mass is 10.1. The van der Waals surface area contributed by atoms with Gasteiger partial charge in [0, 0.05) is 6.54 Å². The number of hydrogen-bond acceptors (Lipinski definition) is 3. The molecule has 0 spiro atoms. The van der Waals surface area contributed by atoms with Gasteiger partial charge >= 0.3 is 0 Å². The second-order valence-electron chi connectivity index (χ2n) is 4.35. The van der Waals surface area contributed by atoms with E-state index in [0.717, 1.165) is 6.54 Å². The molecule has 0 fully saturated rings. The number of rotatable bonds is 5. The summed E-state index contributed by atoms with van der Waals surface area (Å²) in [5.74, 6) is 0. The Morgan fingerprint density at radius 1 is 1.12 bits per heavy atom. The van der Waals surface area contributed by atoms with Crippen LogP contribution in [-0.4, -0.2) is 41.4 Å². The van der Waals surface area contributed by atoms with E-state index in [1.807, 2.05) is 11.9 Å². The van der Waals surface area contributed by atoms with Gasteiger partial charge in [0.2, 0.25) is 0 Å². The number of nitrogens with zero attached hydrogens (tertiary/aromatic N) is 1. The van der Waals surface area contributed by atoms with Crippen LogP contribution in [0.2, 0.25) is 0 Å². The molecule has 0 aliphatic heterocycles. The third kappa shape index (κ3) is 3.30. The first-order valence-corrected chi connectivity index (χ1v) is 5.56. The molecule has 0 aliphatic rings. The zero-order valence-corrected chi connectivity index (χ0v) is 10.3. The van der Waals surface area contributed by atoms with Gasteiger partial charge in [-0.2, -0.15) is 0 Å². The lowest BCUT2D eigenvalue weighted by Gasteiger charge is -2.24. The summed E-state index contributed by atoms with van der Waals surface area (Å²) in [5, 5.41) is 18.1. The van der Waals surface area contributed by atoms with E-state index < -0.39 is 0 Å². The minimum absolute atomic E-state index is 0.0160. The topological polar surface area (TPSA) is 43.7 Å². The van der Waals surface area contributed by atoms with E-state index in [-0.39, 0.29) is 19.3 Å². The summed E-state index contributed by atoms with van der Waals surface area (Å²) in [7, 11) is 1.91. The fourth-order valence-electron chi connectivity index (χ4n) is 1.66. The molecule has 16 heavy (non-hydrogen) atoms. The summed E-state index contributed by atoms with van der Waals surface area (Å²) < 4.78 is 0. The lowest BCUT2D eigenvalue weighted by molar-refractivity contribution is 0.0874. The molecule has 1 rings (SSSR count). The molecule has 0 bridgehead atoms. The molecule has 1 aromatic rings. The zero-order chi connectivity index (χ0) is 12.1. The Balaban J connectivity index is 2.69. The lowest BCUT2D eigenvalue weighted by Crippen LogP contribution is -2.37. The highest BCUT2D eigenvalue weighted by Gasteiger charge is 2.12. The van der Waals surface area contributed by atoms with Gasteiger partial charge in [-0.15, -0.1) is 0 Å². The van der Waals surface area contributed by atoms with Gasteiger partial charge in [-0.25, -0.2) is 0 Å². The molecular formula is C13H21NO2. The Hall–Kier alpha value is -0.900. The minimum Gasteiger partial charge on any atom is -0.395 e. The zero-order valence-electron chi connectivity index (χ0n) is 10.3. The van der Waals surface area contributed by atoms with E-state index in [4.69, 9.17) is 10.2 Å². The van der Waals surface area contributed by atoms with Crippen LogP contribution in [0.1, 0.15) is 16.7 Å². The molecule has 0 amide bonds. The predicted octanol–water partition coefficient (Wildman–Crippen LogP) is 1.09. The third-order valence-electron chi connectivity index (χ3n) is 3.05. The molecule has 0 aromatic heterocycles. The first-order chi connectivity index (χ1) is 7.58. The second-order valence-corrected chi connectivity index (χ2v) is 4.35. The maximum Gasteiger partial charge on any atom is 0.0609 e. The molecule has 2 N–H and O–H groups in total. The Labute approximate surface area is 97.3 Å². The first-order valence-electron chi connectivity index (χ1n) is 5.56. The monoisotopic (exact) mass is 223 g/mol. The fourth-order valence-corrected chi connectivity index (χ4v) is 1.66. The van der Waals surface area contributed by atoms with Crippen molar-refractivity contribution in [1.29, 1.82) is 0 Å². The van der Waals surface area contributed by atoms with E-state index in [2.05, 4.69) is 32.0 Å². The summed E-state index contributed by atoms with van der Waals surface area (Å²) in [5.41, 5.74) is 3.76. The molecule has 0 saturated carbocycles. The van der Waals surface area contributed by atoms with E-state index in [1.165, 1.54) is 16.7 Å². The van der Waals surface area contributed by atoms with Gasteiger partial charge in [-0.1, -0.05) is 18.2 Å². The number of aryl methyl sites for hydroxylation is 2. The van der Waals surface area contributed by atoms with Gasteiger partial charge in [0.05, 0.1) is 19.3 Å². The number of likely N-dealkylation sites (N-methyl/N-ethyl adjacent to an activating group) is 1. The molecule has 0 radical (unpaired) electrons. The largest absolute Gasteiger partial charge is 0.395 e. The molecular weight excluding hydrogens is 202 g/mol. The van der Waals surface area contributed by atoms with Crippen LogP contribution in [-0.2, 0) is 6.54 Å². The van der Waals surface area contributed by atoms with Crippen LogP contribution in [0.5, 0.6) is 0 Å². The van der Waals surface area contributed by atoms with Gasteiger partial charge in [-0.3, -0.25) is 4.90 Å². The van der Waals surface area contributed by atoms with Gasteiger partial charge < -0.3 is 10.2 Å². The van der Waals surface area contributed by atoms with Crippen molar-refractivity contribution in [3.63, 3.8) is 0 Å². The van der Waals surface area contributed by atoms with E-state index in [1.54, 1.807) is 0 Å². The van der Waals surface area contributed by atoms with Gasteiger partial charge in [0.25, 0.3) is 0 Å². The summed E-state index contributed by atoms with van der Waals surface area (Å²) in [6.07, 6.45) is 0. The van der Waals surface area contributed by atoms with Crippen molar-refractivity contribution in [2.24, 2.45) is 0 Å². The van der Waals surface area contributed by atoms with Crippen LogP contribution >= 0.6 is 0 Å². The molecule has 3 nitrogen and oxygen atoms in total. The maximum absolute atomic E-state index is 9.07. The fraction of sp³-hybridized carbons (Fsp3) is 0.538. The summed E-state index contributed by atoms with van der Waals surface area (Å²) >= 11 is 0. The van der Waals surface area contributed by atoms with Crippen molar-refractivity contribution in [3.05, 3.63) is 34.9 Å². The van der Waals surface area contributed by atoms with Crippen LogP contribution < -0.4 is 0 Å². The molecule has 90 valence electrons. The smallest absolute Gasteiger partial charge is 0.0609 e. The summed E-state index contributed by atoms with van der Waals surface area (Å²) in [6.45, 7) is 4.89. The van der Waals surface area contributed by atoms with Crippen molar-refractivity contribution in [1.82, 2.24) is 4.90 Å². The third-order valence-corrected chi connectivity index (χ3v) is 3.05. The Kier molecular flexibility index (Phi) is 4.93. The highest BCUT2D eigenvalue weighted by Crippen LogP contribution is 2.12. The molecule has 1 aromatic carbocycles. The maximum atomic E-state index is 9.07.